The number of benzene rings is 1. The second kappa shape index (κ2) is 4.39. The molecule has 6 heteroatoms. The highest BCUT2D eigenvalue weighted by molar-refractivity contribution is 7.99. The van der Waals surface area contributed by atoms with Crippen LogP contribution in [0.5, 0.6) is 0 Å². The summed E-state index contributed by atoms with van der Waals surface area (Å²) in [5.74, 6) is -2.02. The standard InChI is InChI=1S/C10H9F2NO2S/c11-5-2-1-3-6(12)8(5)9-13-7(4-16-9)10(14)15/h1-3,7,9,13H,4H2,(H,14,15)/t7-,9?/m1/s1. The maximum Gasteiger partial charge on any atom is 0.321 e. The summed E-state index contributed by atoms with van der Waals surface area (Å²) in [6.45, 7) is 0. The van der Waals surface area contributed by atoms with Gasteiger partial charge in [0.05, 0.1) is 10.9 Å². The van der Waals surface area contributed by atoms with Gasteiger partial charge in [-0.2, -0.15) is 0 Å². The van der Waals surface area contributed by atoms with Gasteiger partial charge < -0.3 is 5.11 Å². The van der Waals surface area contributed by atoms with Gasteiger partial charge in [-0.3, -0.25) is 10.1 Å². The molecule has 0 aliphatic carbocycles. The predicted molar refractivity (Wildman–Crippen MR) is 56.1 cm³/mol. The van der Waals surface area contributed by atoms with Crippen LogP contribution in [0.4, 0.5) is 8.78 Å². The van der Waals surface area contributed by atoms with E-state index in [4.69, 9.17) is 5.11 Å². The lowest BCUT2D eigenvalue weighted by atomic mass is 10.2. The predicted octanol–water partition coefficient (Wildman–Crippen LogP) is 1.75. The monoisotopic (exact) mass is 245 g/mol. The molecular weight excluding hydrogens is 236 g/mol. The van der Waals surface area contributed by atoms with Crippen LogP contribution in [-0.4, -0.2) is 22.9 Å². The third-order valence-electron chi connectivity index (χ3n) is 2.34. The highest BCUT2D eigenvalue weighted by Crippen LogP contribution is 2.35. The minimum absolute atomic E-state index is 0.101. The first kappa shape index (κ1) is 11.3. The molecule has 1 aromatic carbocycles. The molecule has 0 saturated carbocycles. The lowest BCUT2D eigenvalue weighted by Gasteiger charge is -2.12. The number of thioether (sulfide) groups is 1. The van der Waals surface area contributed by atoms with Gasteiger partial charge in [-0.25, -0.2) is 8.78 Å². The number of halogens is 2. The molecule has 2 rings (SSSR count). The molecule has 0 aromatic heterocycles. The molecular formula is C10H9F2NO2S. The Morgan fingerprint density at radius 2 is 2.06 bits per heavy atom. The highest BCUT2D eigenvalue weighted by atomic mass is 32.2. The van der Waals surface area contributed by atoms with Crippen LogP contribution < -0.4 is 5.32 Å². The van der Waals surface area contributed by atoms with Gasteiger partial charge in [0.25, 0.3) is 0 Å². The van der Waals surface area contributed by atoms with Crippen molar-refractivity contribution in [1.29, 1.82) is 0 Å². The fourth-order valence-corrected chi connectivity index (χ4v) is 2.82. The summed E-state index contributed by atoms with van der Waals surface area (Å²) in [6.07, 6.45) is 0. The van der Waals surface area contributed by atoms with Crippen molar-refractivity contribution in [3.8, 4) is 0 Å². The molecule has 0 spiro atoms. The Labute approximate surface area is 94.8 Å². The second-order valence-corrected chi connectivity index (χ2v) is 4.54. The smallest absolute Gasteiger partial charge is 0.321 e. The van der Waals surface area contributed by atoms with Gasteiger partial charge >= 0.3 is 5.97 Å². The molecule has 16 heavy (non-hydrogen) atoms. The number of carboxylic acids is 1. The van der Waals surface area contributed by atoms with E-state index in [9.17, 15) is 13.6 Å². The van der Waals surface area contributed by atoms with E-state index in [-0.39, 0.29) is 5.56 Å². The van der Waals surface area contributed by atoms with E-state index < -0.39 is 29.0 Å². The van der Waals surface area contributed by atoms with Crippen LogP contribution in [0.1, 0.15) is 10.9 Å². The van der Waals surface area contributed by atoms with Crippen LogP contribution >= 0.6 is 11.8 Å². The number of aliphatic carboxylic acids is 1. The Kier molecular flexibility index (Phi) is 3.11. The van der Waals surface area contributed by atoms with Gasteiger partial charge in [0.15, 0.2) is 0 Å². The number of hydrogen-bond acceptors (Lipinski definition) is 3. The summed E-state index contributed by atoms with van der Waals surface area (Å²) in [6, 6.07) is 2.85. The van der Waals surface area contributed by atoms with Gasteiger partial charge in [0, 0.05) is 5.75 Å². The fraction of sp³-hybridized carbons (Fsp3) is 0.300. The van der Waals surface area contributed by atoms with Gasteiger partial charge in [-0.05, 0) is 12.1 Å². The van der Waals surface area contributed by atoms with Crippen molar-refractivity contribution >= 4 is 17.7 Å². The average Bonchev–Trinajstić information content (AvgIpc) is 2.66. The number of carbonyl (C=O) groups is 1. The molecule has 1 fully saturated rings. The first-order chi connectivity index (χ1) is 7.59. The normalized spacial score (nSPS) is 24.6. The minimum atomic E-state index is -1.01. The van der Waals surface area contributed by atoms with Crippen LogP contribution in [-0.2, 0) is 4.79 Å². The maximum atomic E-state index is 13.4. The SMILES string of the molecule is O=C(O)[C@H]1CSC(c2c(F)cccc2F)N1. The summed E-state index contributed by atoms with van der Waals surface area (Å²) in [5, 5.41) is 10.8. The van der Waals surface area contributed by atoms with E-state index in [0.29, 0.717) is 5.75 Å². The summed E-state index contributed by atoms with van der Waals surface area (Å²) in [7, 11) is 0. The molecule has 1 aliphatic rings. The van der Waals surface area contributed by atoms with Crippen molar-refractivity contribution in [3.05, 3.63) is 35.4 Å². The number of rotatable bonds is 2. The van der Waals surface area contributed by atoms with Gasteiger partial charge in [0.1, 0.15) is 17.7 Å². The number of hydrogen-bond donors (Lipinski definition) is 2. The Morgan fingerprint density at radius 3 is 2.56 bits per heavy atom. The lowest BCUT2D eigenvalue weighted by Crippen LogP contribution is -2.34. The molecule has 1 saturated heterocycles. The number of carboxylic acid groups (broad SMARTS) is 1. The third-order valence-corrected chi connectivity index (χ3v) is 3.57. The zero-order valence-electron chi connectivity index (χ0n) is 8.11. The van der Waals surface area contributed by atoms with Crippen molar-refractivity contribution in [1.82, 2.24) is 5.32 Å². The van der Waals surface area contributed by atoms with Gasteiger partial charge in [-0.1, -0.05) is 6.07 Å². The van der Waals surface area contributed by atoms with E-state index in [2.05, 4.69) is 5.32 Å². The Morgan fingerprint density at radius 1 is 1.44 bits per heavy atom. The van der Waals surface area contributed by atoms with Crippen molar-refractivity contribution in [3.63, 3.8) is 0 Å². The molecule has 0 radical (unpaired) electrons. The zero-order valence-corrected chi connectivity index (χ0v) is 8.93. The Bertz CT molecular complexity index is 407. The van der Waals surface area contributed by atoms with Crippen LogP contribution in [0.25, 0.3) is 0 Å². The Hall–Kier alpha value is -1.14. The largest absolute Gasteiger partial charge is 0.480 e. The summed E-state index contributed by atoms with van der Waals surface area (Å²) in [4.78, 5) is 10.7. The van der Waals surface area contributed by atoms with Crippen molar-refractivity contribution < 1.29 is 18.7 Å². The van der Waals surface area contributed by atoms with Gasteiger partial charge in [0.2, 0.25) is 0 Å². The Balaban J connectivity index is 2.24. The molecule has 86 valence electrons. The van der Waals surface area contributed by atoms with Crippen molar-refractivity contribution in [2.24, 2.45) is 0 Å². The minimum Gasteiger partial charge on any atom is -0.480 e. The van der Waals surface area contributed by atoms with E-state index >= 15 is 0 Å². The molecule has 1 aromatic rings. The van der Waals surface area contributed by atoms with Crippen LogP contribution in [0.2, 0.25) is 0 Å². The molecule has 1 aliphatic heterocycles. The van der Waals surface area contributed by atoms with E-state index in [1.807, 2.05) is 0 Å². The quantitative estimate of drug-likeness (QED) is 0.833. The highest BCUT2D eigenvalue weighted by Gasteiger charge is 2.33. The van der Waals surface area contributed by atoms with Crippen LogP contribution in [0, 0.1) is 11.6 Å². The molecule has 1 unspecified atom stereocenters. The topological polar surface area (TPSA) is 49.3 Å². The molecule has 0 amide bonds. The fourth-order valence-electron chi connectivity index (χ4n) is 1.54. The van der Waals surface area contributed by atoms with Gasteiger partial charge in [-0.15, -0.1) is 11.8 Å². The van der Waals surface area contributed by atoms with Crippen LogP contribution in [0.3, 0.4) is 0 Å². The molecule has 2 N–H and O–H groups in total. The van der Waals surface area contributed by atoms with E-state index in [0.717, 1.165) is 12.1 Å². The molecule has 3 nitrogen and oxygen atoms in total. The second-order valence-electron chi connectivity index (χ2n) is 3.41. The summed E-state index contributed by atoms with van der Waals surface area (Å²) >= 11 is 1.19. The number of nitrogens with one attached hydrogen (secondary N) is 1. The van der Waals surface area contributed by atoms with E-state index in [1.165, 1.54) is 17.8 Å². The molecule has 2 atom stereocenters. The lowest BCUT2D eigenvalue weighted by molar-refractivity contribution is -0.138. The van der Waals surface area contributed by atoms with Crippen molar-refractivity contribution in [2.75, 3.05) is 5.75 Å². The first-order valence-corrected chi connectivity index (χ1v) is 5.69. The average molecular weight is 245 g/mol. The zero-order chi connectivity index (χ0) is 11.7. The van der Waals surface area contributed by atoms with E-state index in [1.54, 1.807) is 0 Å². The van der Waals surface area contributed by atoms with Crippen LogP contribution in [0.15, 0.2) is 18.2 Å². The van der Waals surface area contributed by atoms with Crippen molar-refractivity contribution in [2.45, 2.75) is 11.4 Å². The summed E-state index contributed by atoms with van der Waals surface area (Å²) in [5.41, 5.74) is -0.101. The maximum absolute atomic E-state index is 13.4. The summed E-state index contributed by atoms with van der Waals surface area (Å²) < 4.78 is 26.8. The molecule has 0 bridgehead atoms. The third kappa shape index (κ3) is 2.03. The molecule has 1 heterocycles. The first-order valence-electron chi connectivity index (χ1n) is 4.64.